The number of anilines is 3. The van der Waals surface area contributed by atoms with Crippen LogP contribution in [0.5, 0.6) is 0 Å². The molecule has 0 unspecified atom stereocenters. The van der Waals surface area contributed by atoms with Gasteiger partial charge in [0.05, 0.1) is 27.2 Å². The van der Waals surface area contributed by atoms with Gasteiger partial charge in [-0.2, -0.15) is 0 Å². The van der Waals surface area contributed by atoms with Gasteiger partial charge in [-0.25, -0.2) is 0 Å². The molecule has 1 aromatic heterocycles. The maximum Gasteiger partial charge on any atom is 0.0775 e. The van der Waals surface area contributed by atoms with Crippen molar-refractivity contribution in [2.75, 3.05) is 4.90 Å². The molecule has 0 atom stereocenters. The van der Waals surface area contributed by atoms with Crippen LogP contribution in [0.1, 0.15) is 36.1 Å². The summed E-state index contributed by atoms with van der Waals surface area (Å²) in [5.41, 5.74) is 14.9. The molecule has 1 heterocycles. The smallest absolute Gasteiger partial charge is 0.0775 e. The van der Waals surface area contributed by atoms with Crippen LogP contribution in [0.25, 0.3) is 50.8 Å². The van der Waals surface area contributed by atoms with Crippen molar-refractivity contribution in [1.29, 1.82) is 0 Å². The maximum absolute atomic E-state index is 2.48. The molecular weight excluding hydrogens is 721 g/mol. The number of hydrogen-bond acceptors (Lipinski definition) is 1. The second-order valence-corrected chi connectivity index (χ2v) is 28.5. The average molecular weight is 773 g/mol. The van der Waals surface area contributed by atoms with Crippen molar-refractivity contribution < 1.29 is 0 Å². The number of para-hydroxylation sites is 2. The second kappa shape index (κ2) is 13.8. The quantitative estimate of drug-likeness (QED) is 0.110. The number of fused-ring (bicyclic) bond motifs is 7. The van der Waals surface area contributed by atoms with Crippen LogP contribution >= 0.6 is 0 Å². The molecule has 1 aliphatic rings. The van der Waals surface area contributed by atoms with Crippen LogP contribution < -0.4 is 15.3 Å². The first-order chi connectivity index (χ1) is 27.3. The van der Waals surface area contributed by atoms with Crippen molar-refractivity contribution >= 4 is 77.5 Å². The van der Waals surface area contributed by atoms with Gasteiger partial charge >= 0.3 is 0 Å². The molecule has 0 bridgehead atoms. The Balaban J connectivity index is 1.05. The molecule has 0 N–H and O–H groups in total. The largest absolute Gasteiger partial charge is 0.311 e. The second-order valence-electron chi connectivity index (χ2n) is 18.4. The first-order valence-corrected chi connectivity index (χ1v) is 27.4. The summed E-state index contributed by atoms with van der Waals surface area (Å²) in [6.07, 6.45) is 4.52. The lowest BCUT2D eigenvalue weighted by atomic mass is 9.81. The molecule has 8 aromatic rings. The van der Waals surface area contributed by atoms with Crippen LogP contribution in [0.15, 0.2) is 158 Å². The third-order valence-electron chi connectivity index (χ3n) is 12.1. The van der Waals surface area contributed by atoms with E-state index in [1.165, 1.54) is 82.6 Å². The van der Waals surface area contributed by atoms with Gasteiger partial charge in [0, 0.05) is 38.9 Å². The monoisotopic (exact) mass is 772 g/mol. The van der Waals surface area contributed by atoms with Crippen molar-refractivity contribution in [3.8, 4) is 16.8 Å². The zero-order chi connectivity index (χ0) is 39.7. The van der Waals surface area contributed by atoms with Crippen molar-refractivity contribution in [1.82, 2.24) is 4.57 Å². The molecule has 282 valence electrons. The minimum absolute atomic E-state index is 0.180. The van der Waals surface area contributed by atoms with E-state index in [1.807, 2.05) is 0 Å². The van der Waals surface area contributed by atoms with E-state index in [2.05, 4.69) is 232 Å². The van der Waals surface area contributed by atoms with Crippen molar-refractivity contribution in [3.05, 3.63) is 180 Å². The molecule has 0 aliphatic heterocycles. The molecule has 0 amide bonds. The van der Waals surface area contributed by atoms with Crippen LogP contribution in [0.4, 0.5) is 17.1 Å². The molecule has 4 heteroatoms. The Hall–Kier alpha value is -5.69. The fourth-order valence-electron chi connectivity index (χ4n) is 8.91. The van der Waals surface area contributed by atoms with Gasteiger partial charge < -0.3 is 9.47 Å². The number of rotatable bonds is 8. The summed E-state index contributed by atoms with van der Waals surface area (Å²) in [5.74, 6) is 0. The minimum Gasteiger partial charge on any atom is -0.311 e. The molecule has 7 aromatic carbocycles. The zero-order valence-corrected chi connectivity index (χ0v) is 36.6. The highest BCUT2D eigenvalue weighted by Gasteiger charge is 2.38. The van der Waals surface area contributed by atoms with E-state index in [0.717, 1.165) is 5.69 Å². The van der Waals surface area contributed by atoms with Crippen LogP contribution in [0, 0.1) is 0 Å². The molecule has 57 heavy (non-hydrogen) atoms. The molecule has 9 rings (SSSR count). The number of benzene rings is 7. The minimum atomic E-state index is -1.41. The van der Waals surface area contributed by atoms with Gasteiger partial charge in [-0.05, 0) is 88.0 Å². The van der Waals surface area contributed by atoms with E-state index in [0.29, 0.717) is 0 Å². The Labute approximate surface area is 340 Å². The lowest BCUT2D eigenvalue weighted by molar-refractivity contribution is 0.663. The summed E-state index contributed by atoms with van der Waals surface area (Å²) in [6, 6.07) is 59.0. The highest BCUT2D eigenvalue weighted by atomic mass is 28.3. The first kappa shape index (κ1) is 36.9. The van der Waals surface area contributed by atoms with Gasteiger partial charge in [-0.15, -0.1) is 0 Å². The summed E-state index contributed by atoms with van der Waals surface area (Å²) in [7, 11) is -2.82. The Bertz CT molecular complexity index is 2740. The zero-order valence-electron chi connectivity index (χ0n) is 34.6. The molecule has 0 saturated heterocycles. The summed E-state index contributed by atoms with van der Waals surface area (Å²) in [5, 5.41) is 5.55. The van der Waals surface area contributed by atoms with Crippen LogP contribution in [-0.4, -0.2) is 20.7 Å². The highest BCUT2D eigenvalue weighted by Crippen LogP contribution is 2.53. The lowest BCUT2D eigenvalue weighted by Gasteiger charge is -2.27. The van der Waals surface area contributed by atoms with E-state index in [9.17, 15) is 0 Å². The molecular formula is C53H52N2Si2. The highest BCUT2D eigenvalue weighted by molar-refractivity contribution is 6.89. The van der Waals surface area contributed by atoms with Crippen molar-refractivity contribution in [2.24, 2.45) is 0 Å². The number of aromatic nitrogens is 1. The molecule has 0 saturated carbocycles. The van der Waals surface area contributed by atoms with Gasteiger partial charge in [0.2, 0.25) is 0 Å². The Morgan fingerprint density at radius 1 is 0.491 bits per heavy atom. The fraction of sp³-hybridized carbons (Fsp3) is 0.170. The van der Waals surface area contributed by atoms with Gasteiger partial charge in [0.15, 0.2) is 0 Å². The van der Waals surface area contributed by atoms with E-state index in [4.69, 9.17) is 0 Å². The van der Waals surface area contributed by atoms with E-state index >= 15 is 0 Å². The van der Waals surface area contributed by atoms with Gasteiger partial charge in [-0.3, -0.25) is 0 Å². The lowest BCUT2D eigenvalue weighted by Crippen LogP contribution is -2.37. The number of nitrogens with zero attached hydrogens (tertiary/aromatic N) is 2. The van der Waals surface area contributed by atoms with Crippen LogP contribution in [0.2, 0.25) is 39.3 Å². The third kappa shape index (κ3) is 6.51. The Morgan fingerprint density at radius 3 is 1.60 bits per heavy atom. The molecule has 2 nitrogen and oxygen atoms in total. The molecule has 0 radical (unpaired) electrons. The van der Waals surface area contributed by atoms with E-state index < -0.39 is 16.1 Å². The summed E-state index contributed by atoms with van der Waals surface area (Å²) in [4.78, 5) is 2.39. The molecule has 0 fully saturated rings. The first-order valence-electron chi connectivity index (χ1n) is 20.4. The van der Waals surface area contributed by atoms with Gasteiger partial charge in [0.25, 0.3) is 0 Å². The SMILES string of the molecule is CC1(C)c2cc(C=Cc3ccc(N(c4ccc([Si](C)(C)C)cc4)c4ccc([Si](C)(C)C)cc4)cc3)ccc2-c2ccc3c4ccccc4n(-c4ccccc4)c3c21. The topological polar surface area (TPSA) is 8.17 Å². The van der Waals surface area contributed by atoms with Crippen LogP contribution in [0.3, 0.4) is 0 Å². The third-order valence-corrected chi connectivity index (χ3v) is 16.2. The number of hydrogen-bond donors (Lipinski definition) is 0. The standard InChI is InChI=1S/C53H52N2Si2/c1-53(2)49-36-38(22-33-45(49)47-34-35-48-46-16-12-13-17-50(46)55(52(48)51(47)53)39-14-10-9-11-15-39)19-18-37-20-23-40(24-21-37)54(41-25-29-43(30-26-41)56(3,4)5)42-27-31-44(32-28-42)57(6,7)8/h9-36H,1-8H3. The summed E-state index contributed by atoms with van der Waals surface area (Å²) in [6.45, 7) is 19.3. The Kier molecular flexibility index (Phi) is 8.91. The predicted octanol–water partition coefficient (Wildman–Crippen LogP) is 13.8. The van der Waals surface area contributed by atoms with Crippen molar-refractivity contribution in [3.63, 3.8) is 0 Å². The van der Waals surface area contributed by atoms with E-state index in [-0.39, 0.29) is 5.41 Å². The summed E-state index contributed by atoms with van der Waals surface area (Å²) >= 11 is 0. The summed E-state index contributed by atoms with van der Waals surface area (Å²) < 4.78 is 2.48. The fourth-order valence-corrected chi connectivity index (χ4v) is 11.2. The molecule has 1 aliphatic carbocycles. The normalized spacial score (nSPS) is 13.7. The predicted molar refractivity (Wildman–Crippen MR) is 254 cm³/mol. The van der Waals surface area contributed by atoms with E-state index in [1.54, 1.807) is 0 Å². The maximum atomic E-state index is 2.48. The van der Waals surface area contributed by atoms with Crippen molar-refractivity contribution in [2.45, 2.75) is 58.5 Å². The van der Waals surface area contributed by atoms with Gasteiger partial charge in [-0.1, -0.05) is 179 Å². The average Bonchev–Trinajstić information content (AvgIpc) is 3.66. The van der Waals surface area contributed by atoms with Gasteiger partial charge in [0.1, 0.15) is 0 Å². The Morgan fingerprint density at radius 2 is 1.00 bits per heavy atom. The van der Waals surface area contributed by atoms with Crippen LogP contribution in [-0.2, 0) is 5.41 Å². The molecule has 0 spiro atoms.